The van der Waals surface area contributed by atoms with Crippen LogP contribution in [0.25, 0.3) is 0 Å². The maximum absolute atomic E-state index is 12.3. The van der Waals surface area contributed by atoms with Crippen LogP contribution < -0.4 is 5.32 Å². The van der Waals surface area contributed by atoms with Crippen LogP contribution in [0.1, 0.15) is 42.1 Å². The quantitative estimate of drug-likeness (QED) is 0.585. The van der Waals surface area contributed by atoms with Gasteiger partial charge >= 0.3 is 5.97 Å². The predicted octanol–water partition coefficient (Wildman–Crippen LogP) is 2.36. The Hall–Kier alpha value is -1.68. The fourth-order valence-corrected chi connectivity index (χ4v) is 2.10. The molecule has 4 heteroatoms. The first-order valence-corrected chi connectivity index (χ1v) is 6.99. The number of benzene rings is 1. The van der Waals surface area contributed by atoms with Crippen molar-refractivity contribution in [3.8, 4) is 0 Å². The van der Waals surface area contributed by atoms with E-state index in [0.717, 1.165) is 12.8 Å². The van der Waals surface area contributed by atoms with Crippen LogP contribution in [-0.4, -0.2) is 32.0 Å². The third kappa shape index (κ3) is 4.78. The number of likely N-dealkylation sites (N-methyl/N-ethyl adjacent to an activating group) is 1. The van der Waals surface area contributed by atoms with Crippen molar-refractivity contribution in [2.45, 2.75) is 38.6 Å². The molecule has 0 saturated carbocycles. The average Bonchev–Trinajstić information content (AvgIpc) is 2.48. The molecular formula is C16H23NO3. The fourth-order valence-electron chi connectivity index (χ4n) is 2.10. The third-order valence-electron chi connectivity index (χ3n) is 3.31. The molecule has 0 aliphatic carbocycles. The van der Waals surface area contributed by atoms with E-state index in [1.807, 2.05) is 24.3 Å². The van der Waals surface area contributed by atoms with E-state index in [9.17, 15) is 9.59 Å². The molecule has 0 bridgehead atoms. The summed E-state index contributed by atoms with van der Waals surface area (Å²) in [5.74, 6) is -0.282. The van der Waals surface area contributed by atoms with Crippen molar-refractivity contribution in [1.29, 1.82) is 0 Å². The number of ether oxygens (including phenoxy) is 1. The van der Waals surface area contributed by atoms with Gasteiger partial charge in [0.25, 0.3) is 0 Å². The molecule has 110 valence electrons. The van der Waals surface area contributed by atoms with Crippen molar-refractivity contribution in [3.63, 3.8) is 0 Å². The fraction of sp³-hybridized carbons (Fsp3) is 0.500. The summed E-state index contributed by atoms with van der Waals surface area (Å²) in [6.07, 6.45) is 2.79. The number of Topliss-reactive ketones (excluding diaryl/α,β-unsaturated/α-hetero) is 1. The number of methoxy groups -OCH3 is 1. The van der Waals surface area contributed by atoms with Gasteiger partial charge in [0.15, 0.2) is 5.78 Å². The molecular weight excluding hydrogens is 254 g/mol. The first-order chi connectivity index (χ1) is 9.62. The Labute approximate surface area is 120 Å². The number of rotatable bonds is 8. The molecule has 0 fully saturated rings. The lowest BCUT2D eigenvalue weighted by Crippen LogP contribution is -2.34. The van der Waals surface area contributed by atoms with Gasteiger partial charge in [-0.1, -0.05) is 37.6 Å². The highest BCUT2D eigenvalue weighted by molar-refractivity contribution is 6.00. The zero-order valence-electron chi connectivity index (χ0n) is 12.4. The van der Waals surface area contributed by atoms with Crippen LogP contribution in [0.3, 0.4) is 0 Å². The highest BCUT2D eigenvalue weighted by atomic mass is 16.5. The molecule has 0 aromatic heterocycles. The molecule has 1 rings (SSSR count). The summed E-state index contributed by atoms with van der Waals surface area (Å²) >= 11 is 0. The van der Waals surface area contributed by atoms with Gasteiger partial charge in [-0.2, -0.15) is 0 Å². The van der Waals surface area contributed by atoms with Gasteiger partial charge < -0.3 is 10.1 Å². The molecule has 0 amide bonds. The lowest BCUT2D eigenvalue weighted by atomic mass is 9.98. The van der Waals surface area contributed by atoms with E-state index in [2.05, 4.69) is 17.0 Å². The zero-order chi connectivity index (χ0) is 15.0. The molecule has 1 atom stereocenters. The Morgan fingerprint density at radius 2 is 1.90 bits per heavy atom. The molecule has 0 aliphatic heterocycles. The van der Waals surface area contributed by atoms with Gasteiger partial charge in [-0.05, 0) is 25.5 Å². The van der Waals surface area contributed by atoms with Crippen LogP contribution in [0, 0.1) is 0 Å². The minimum absolute atomic E-state index is 0.0134. The largest absolute Gasteiger partial charge is 0.469 e. The SMILES string of the molecule is CCCc1ccc(C(=O)C(CCC(=O)OC)NC)cc1. The smallest absolute Gasteiger partial charge is 0.305 e. The van der Waals surface area contributed by atoms with Crippen molar-refractivity contribution in [3.05, 3.63) is 35.4 Å². The molecule has 0 radical (unpaired) electrons. The van der Waals surface area contributed by atoms with Gasteiger partial charge in [0.1, 0.15) is 0 Å². The van der Waals surface area contributed by atoms with Crippen molar-refractivity contribution in [2.75, 3.05) is 14.2 Å². The normalized spacial score (nSPS) is 11.9. The maximum atomic E-state index is 12.3. The summed E-state index contributed by atoms with van der Waals surface area (Å²) < 4.78 is 4.60. The first kappa shape index (κ1) is 16.4. The van der Waals surface area contributed by atoms with Crippen molar-refractivity contribution in [1.82, 2.24) is 5.32 Å². The Bertz CT molecular complexity index is 440. The monoisotopic (exact) mass is 277 g/mol. The second kappa shape index (κ2) is 8.48. The Morgan fingerprint density at radius 3 is 2.40 bits per heavy atom. The van der Waals surface area contributed by atoms with Crippen molar-refractivity contribution >= 4 is 11.8 Å². The molecule has 0 aliphatic rings. The summed E-state index contributed by atoms with van der Waals surface area (Å²) in [6.45, 7) is 2.13. The second-order valence-electron chi connectivity index (χ2n) is 4.77. The molecule has 1 unspecified atom stereocenters. The van der Waals surface area contributed by atoms with Crippen molar-refractivity contribution in [2.24, 2.45) is 0 Å². The highest BCUT2D eigenvalue weighted by Gasteiger charge is 2.19. The third-order valence-corrected chi connectivity index (χ3v) is 3.31. The van der Waals surface area contributed by atoms with E-state index in [1.165, 1.54) is 12.7 Å². The van der Waals surface area contributed by atoms with Crippen LogP contribution in [0.5, 0.6) is 0 Å². The molecule has 1 N–H and O–H groups in total. The highest BCUT2D eigenvalue weighted by Crippen LogP contribution is 2.11. The number of carbonyl (C=O) groups excluding carboxylic acids is 2. The first-order valence-electron chi connectivity index (χ1n) is 6.99. The summed E-state index contributed by atoms with van der Waals surface area (Å²) in [5.41, 5.74) is 1.91. The van der Waals surface area contributed by atoms with Crippen LogP contribution in [-0.2, 0) is 16.0 Å². The predicted molar refractivity (Wildman–Crippen MR) is 78.9 cm³/mol. The number of hydrogen-bond donors (Lipinski definition) is 1. The molecule has 4 nitrogen and oxygen atoms in total. The number of aryl methyl sites for hydroxylation is 1. The molecule has 0 heterocycles. The van der Waals surface area contributed by atoms with Crippen LogP contribution in [0.15, 0.2) is 24.3 Å². The number of esters is 1. The average molecular weight is 277 g/mol. The summed E-state index contributed by atoms with van der Waals surface area (Å²) in [4.78, 5) is 23.5. The van der Waals surface area contributed by atoms with E-state index in [-0.39, 0.29) is 24.2 Å². The minimum atomic E-state index is -0.355. The standard InChI is InChI=1S/C16H23NO3/c1-4-5-12-6-8-13(9-7-12)16(19)14(17-2)10-11-15(18)20-3/h6-9,14,17H,4-5,10-11H2,1-3H3. The van der Waals surface area contributed by atoms with Gasteiger partial charge in [0.05, 0.1) is 13.2 Å². The topological polar surface area (TPSA) is 55.4 Å². The molecule has 20 heavy (non-hydrogen) atoms. The Balaban J connectivity index is 2.67. The number of nitrogens with one attached hydrogen (secondary N) is 1. The number of ketones is 1. The van der Waals surface area contributed by atoms with E-state index in [1.54, 1.807) is 7.05 Å². The summed E-state index contributed by atoms with van der Waals surface area (Å²) in [7, 11) is 3.08. The molecule has 0 saturated heterocycles. The molecule has 1 aromatic rings. The summed E-state index contributed by atoms with van der Waals surface area (Å²) in [6, 6.07) is 7.34. The second-order valence-corrected chi connectivity index (χ2v) is 4.77. The van der Waals surface area contributed by atoms with E-state index in [4.69, 9.17) is 0 Å². The lowest BCUT2D eigenvalue weighted by molar-refractivity contribution is -0.140. The molecule has 1 aromatic carbocycles. The van der Waals surface area contributed by atoms with Gasteiger partial charge in [-0.15, -0.1) is 0 Å². The Kier molecular flexibility index (Phi) is 6.94. The van der Waals surface area contributed by atoms with Gasteiger partial charge in [-0.3, -0.25) is 9.59 Å². The van der Waals surface area contributed by atoms with E-state index < -0.39 is 0 Å². The van der Waals surface area contributed by atoms with Crippen LogP contribution >= 0.6 is 0 Å². The minimum Gasteiger partial charge on any atom is -0.469 e. The van der Waals surface area contributed by atoms with Crippen LogP contribution in [0.4, 0.5) is 0 Å². The van der Waals surface area contributed by atoms with Crippen LogP contribution in [0.2, 0.25) is 0 Å². The van der Waals surface area contributed by atoms with Gasteiger partial charge in [-0.25, -0.2) is 0 Å². The Morgan fingerprint density at radius 1 is 1.25 bits per heavy atom. The maximum Gasteiger partial charge on any atom is 0.305 e. The van der Waals surface area contributed by atoms with Gasteiger partial charge in [0.2, 0.25) is 0 Å². The van der Waals surface area contributed by atoms with Crippen molar-refractivity contribution < 1.29 is 14.3 Å². The van der Waals surface area contributed by atoms with E-state index >= 15 is 0 Å². The molecule has 0 spiro atoms. The summed E-state index contributed by atoms with van der Waals surface area (Å²) in [5, 5.41) is 2.96. The number of hydrogen-bond acceptors (Lipinski definition) is 4. The lowest BCUT2D eigenvalue weighted by Gasteiger charge is -2.14. The van der Waals surface area contributed by atoms with E-state index in [0.29, 0.717) is 12.0 Å². The number of carbonyl (C=O) groups is 2. The van der Waals surface area contributed by atoms with Gasteiger partial charge in [0, 0.05) is 12.0 Å². The zero-order valence-corrected chi connectivity index (χ0v) is 12.4.